The number of rotatable bonds is 8. The summed E-state index contributed by atoms with van der Waals surface area (Å²) < 4.78 is 10.4. The van der Waals surface area contributed by atoms with E-state index in [-0.39, 0.29) is 23.8 Å². The molecule has 0 N–H and O–H groups in total. The van der Waals surface area contributed by atoms with E-state index in [9.17, 15) is 9.59 Å². The van der Waals surface area contributed by atoms with Crippen LogP contribution >= 0.6 is 0 Å². The van der Waals surface area contributed by atoms with E-state index in [1.54, 1.807) is 0 Å². The first-order chi connectivity index (χ1) is 12.5. The summed E-state index contributed by atoms with van der Waals surface area (Å²) in [5.74, 6) is 0.478. The largest absolute Gasteiger partial charge is 0.466 e. The molecule has 2 aliphatic heterocycles. The Bertz CT molecular complexity index is 417. The second kappa shape index (κ2) is 10.9. The van der Waals surface area contributed by atoms with Crippen LogP contribution in [0.2, 0.25) is 0 Å². The molecule has 2 atom stereocenters. The molecular weight excluding hydrogens is 332 g/mol. The highest BCUT2D eigenvalue weighted by atomic mass is 16.5. The van der Waals surface area contributed by atoms with Gasteiger partial charge in [-0.05, 0) is 58.5 Å². The van der Waals surface area contributed by atoms with Crippen molar-refractivity contribution in [2.75, 3.05) is 52.5 Å². The molecule has 2 unspecified atom stereocenters. The molecule has 2 saturated heterocycles. The van der Waals surface area contributed by atoms with Crippen LogP contribution in [-0.4, -0.2) is 74.2 Å². The molecule has 0 spiro atoms. The van der Waals surface area contributed by atoms with Gasteiger partial charge in [0, 0.05) is 26.2 Å². The molecule has 150 valence electrons. The van der Waals surface area contributed by atoms with Crippen LogP contribution in [0.4, 0.5) is 0 Å². The van der Waals surface area contributed by atoms with E-state index in [0.29, 0.717) is 19.1 Å². The van der Waals surface area contributed by atoms with Crippen LogP contribution in [0.15, 0.2) is 0 Å². The van der Waals surface area contributed by atoms with Crippen molar-refractivity contribution < 1.29 is 19.1 Å². The van der Waals surface area contributed by atoms with Crippen LogP contribution in [0, 0.1) is 17.8 Å². The van der Waals surface area contributed by atoms with E-state index in [0.717, 1.165) is 65.0 Å². The standard InChI is InChI=1S/C20H36N2O4/c1-4-25-19(23)17-8-6-10-21(14-17)12-16(3)13-22-11-7-9-18(15-22)20(24)26-5-2/h16-18H,4-15H2,1-3H3. The molecule has 2 fully saturated rings. The van der Waals surface area contributed by atoms with Crippen molar-refractivity contribution in [2.45, 2.75) is 46.5 Å². The first-order valence-electron chi connectivity index (χ1n) is 10.3. The molecule has 6 nitrogen and oxygen atoms in total. The number of carbonyl (C=O) groups excluding carboxylic acids is 2. The Kier molecular flexibility index (Phi) is 8.85. The van der Waals surface area contributed by atoms with Gasteiger partial charge in [0.05, 0.1) is 25.0 Å². The van der Waals surface area contributed by atoms with E-state index in [4.69, 9.17) is 9.47 Å². The van der Waals surface area contributed by atoms with Gasteiger partial charge in [-0.1, -0.05) is 6.92 Å². The Morgan fingerprint density at radius 2 is 1.31 bits per heavy atom. The number of ether oxygens (including phenoxy) is 2. The molecular formula is C20H36N2O4. The Hall–Kier alpha value is -1.14. The second-order valence-corrected chi connectivity index (χ2v) is 7.81. The Labute approximate surface area is 158 Å². The minimum atomic E-state index is -0.0434. The molecule has 0 aromatic heterocycles. The van der Waals surface area contributed by atoms with E-state index < -0.39 is 0 Å². The number of esters is 2. The Balaban J connectivity index is 1.76. The molecule has 2 aliphatic rings. The van der Waals surface area contributed by atoms with Gasteiger partial charge in [-0.15, -0.1) is 0 Å². The molecule has 0 aromatic carbocycles. The number of piperidine rings is 2. The summed E-state index contributed by atoms with van der Waals surface area (Å²) in [4.78, 5) is 28.8. The van der Waals surface area contributed by atoms with E-state index in [2.05, 4.69) is 16.7 Å². The molecule has 0 aromatic rings. The minimum Gasteiger partial charge on any atom is -0.466 e. The zero-order chi connectivity index (χ0) is 18.9. The lowest BCUT2D eigenvalue weighted by Crippen LogP contribution is -2.45. The van der Waals surface area contributed by atoms with Crippen LogP contribution in [0.3, 0.4) is 0 Å². The molecule has 6 heteroatoms. The number of nitrogens with zero attached hydrogens (tertiary/aromatic N) is 2. The average Bonchev–Trinajstić information content (AvgIpc) is 2.62. The van der Waals surface area contributed by atoms with Crippen LogP contribution < -0.4 is 0 Å². The number of hydrogen-bond donors (Lipinski definition) is 0. The van der Waals surface area contributed by atoms with Crippen LogP contribution in [-0.2, 0) is 19.1 Å². The van der Waals surface area contributed by atoms with Gasteiger partial charge in [0.1, 0.15) is 0 Å². The van der Waals surface area contributed by atoms with Gasteiger partial charge in [0.15, 0.2) is 0 Å². The second-order valence-electron chi connectivity index (χ2n) is 7.81. The summed E-state index contributed by atoms with van der Waals surface area (Å²) >= 11 is 0. The van der Waals surface area contributed by atoms with E-state index in [1.165, 1.54) is 0 Å². The fourth-order valence-corrected chi connectivity index (χ4v) is 4.29. The van der Waals surface area contributed by atoms with Gasteiger partial charge in [-0.25, -0.2) is 0 Å². The van der Waals surface area contributed by atoms with Crippen LogP contribution in [0.5, 0.6) is 0 Å². The van der Waals surface area contributed by atoms with E-state index >= 15 is 0 Å². The summed E-state index contributed by atoms with van der Waals surface area (Å²) in [6.45, 7) is 12.7. The lowest BCUT2D eigenvalue weighted by molar-refractivity contribution is -0.150. The predicted molar refractivity (Wildman–Crippen MR) is 101 cm³/mol. The normalized spacial score (nSPS) is 26.3. The number of hydrogen-bond acceptors (Lipinski definition) is 6. The molecule has 0 saturated carbocycles. The monoisotopic (exact) mass is 368 g/mol. The molecule has 0 aliphatic carbocycles. The van der Waals surface area contributed by atoms with Crippen molar-refractivity contribution in [2.24, 2.45) is 17.8 Å². The summed E-state index contributed by atoms with van der Waals surface area (Å²) in [6.07, 6.45) is 4.00. The van der Waals surface area contributed by atoms with Crippen LogP contribution in [0.1, 0.15) is 46.5 Å². The van der Waals surface area contributed by atoms with Crippen molar-refractivity contribution in [3.05, 3.63) is 0 Å². The van der Waals surface area contributed by atoms with Crippen molar-refractivity contribution in [3.8, 4) is 0 Å². The van der Waals surface area contributed by atoms with Crippen molar-refractivity contribution in [3.63, 3.8) is 0 Å². The third kappa shape index (κ3) is 6.54. The highest BCUT2D eigenvalue weighted by Gasteiger charge is 2.30. The zero-order valence-electron chi connectivity index (χ0n) is 16.7. The lowest BCUT2D eigenvalue weighted by atomic mass is 9.95. The highest BCUT2D eigenvalue weighted by Crippen LogP contribution is 2.21. The maximum atomic E-state index is 12.0. The molecule has 26 heavy (non-hydrogen) atoms. The summed E-state index contributed by atoms with van der Waals surface area (Å²) in [6, 6.07) is 0. The molecule has 0 radical (unpaired) electrons. The maximum Gasteiger partial charge on any atom is 0.310 e. The van der Waals surface area contributed by atoms with Crippen LogP contribution in [0.25, 0.3) is 0 Å². The average molecular weight is 369 g/mol. The van der Waals surface area contributed by atoms with Crippen molar-refractivity contribution in [1.82, 2.24) is 9.80 Å². The highest BCUT2D eigenvalue weighted by molar-refractivity contribution is 5.73. The van der Waals surface area contributed by atoms with Gasteiger partial charge in [0.2, 0.25) is 0 Å². The third-order valence-electron chi connectivity index (χ3n) is 5.39. The van der Waals surface area contributed by atoms with E-state index in [1.807, 2.05) is 13.8 Å². The SMILES string of the molecule is CCOC(=O)C1CCCN(CC(C)CN2CCCC(C(=O)OCC)C2)C1. The minimum absolute atomic E-state index is 0.0269. The number of carbonyl (C=O) groups is 2. The maximum absolute atomic E-state index is 12.0. The van der Waals surface area contributed by atoms with Crippen molar-refractivity contribution >= 4 is 11.9 Å². The first-order valence-corrected chi connectivity index (χ1v) is 10.3. The van der Waals surface area contributed by atoms with Gasteiger partial charge < -0.3 is 19.3 Å². The Morgan fingerprint density at radius 1 is 0.885 bits per heavy atom. The fourth-order valence-electron chi connectivity index (χ4n) is 4.29. The molecule has 2 rings (SSSR count). The predicted octanol–water partition coefficient (Wildman–Crippen LogP) is 2.17. The third-order valence-corrected chi connectivity index (χ3v) is 5.39. The number of likely N-dealkylation sites (tertiary alicyclic amines) is 2. The molecule has 2 heterocycles. The topological polar surface area (TPSA) is 59.1 Å². The zero-order valence-corrected chi connectivity index (χ0v) is 16.7. The van der Waals surface area contributed by atoms with Gasteiger partial charge in [-0.3, -0.25) is 9.59 Å². The first kappa shape index (κ1) is 21.2. The van der Waals surface area contributed by atoms with Crippen molar-refractivity contribution in [1.29, 1.82) is 0 Å². The fraction of sp³-hybridized carbons (Fsp3) is 0.900. The molecule has 0 bridgehead atoms. The summed E-state index contributed by atoms with van der Waals surface area (Å²) in [7, 11) is 0. The van der Waals surface area contributed by atoms with Gasteiger partial charge in [0.25, 0.3) is 0 Å². The molecule has 0 amide bonds. The van der Waals surface area contributed by atoms with Gasteiger partial charge in [-0.2, -0.15) is 0 Å². The Morgan fingerprint density at radius 3 is 1.69 bits per heavy atom. The summed E-state index contributed by atoms with van der Waals surface area (Å²) in [5, 5.41) is 0. The summed E-state index contributed by atoms with van der Waals surface area (Å²) in [5.41, 5.74) is 0. The lowest BCUT2D eigenvalue weighted by Gasteiger charge is -2.36. The quantitative estimate of drug-likeness (QED) is 0.612. The smallest absolute Gasteiger partial charge is 0.310 e. The van der Waals surface area contributed by atoms with Gasteiger partial charge >= 0.3 is 11.9 Å².